The Kier molecular flexibility index (Phi) is 5.98. The molecule has 0 aliphatic rings. The van der Waals surface area contributed by atoms with Gasteiger partial charge in [0.2, 0.25) is 0 Å². The van der Waals surface area contributed by atoms with E-state index in [4.69, 9.17) is 21.1 Å². The van der Waals surface area contributed by atoms with Crippen molar-refractivity contribution in [3.8, 4) is 11.5 Å². The molecule has 3 aromatic rings. The van der Waals surface area contributed by atoms with Crippen molar-refractivity contribution >= 4 is 17.3 Å². The minimum absolute atomic E-state index is 0.112. The number of halogens is 1. The zero-order valence-electron chi connectivity index (χ0n) is 15.1. The summed E-state index contributed by atoms with van der Waals surface area (Å²) in [6.45, 7) is 0.833. The molecule has 2 aromatic carbocycles. The van der Waals surface area contributed by atoms with E-state index in [-0.39, 0.29) is 10.6 Å². The maximum atomic E-state index is 12.5. The van der Waals surface area contributed by atoms with Gasteiger partial charge in [-0.3, -0.25) is 4.79 Å². The van der Waals surface area contributed by atoms with Gasteiger partial charge in [-0.15, -0.1) is 0 Å². The smallest absolute Gasteiger partial charge is 0.287 e. The predicted molar refractivity (Wildman–Crippen MR) is 106 cm³/mol. The zero-order chi connectivity index (χ0) is 19.2. The molecule has 0 atom stereocenters. The zero-order valence-corrected chi connectivity index (χ0v) is 15.9. The molecule has 0 aliphatic carbocycles. The van der Waals surface area contributed by atoms with Crippen molar-refractivity contribution in [3.05, 3.63) is 81.2 Å². The van der Waals surface area contributed by atoms with Crippen molar-refractivity contribution in [1.82, 2.24) is 9.78 Å². The number of rotatable bonds is 7. The average Bonchev–Trinajstić information content (AvgIpc) is 2.71. The van der Waals surface area contributed by atoms with Crippen LogP contribution in [0.5, 0.6) is 11.5 Å². The molecular formula is C20H20ClN3O3. The lowest BCUT2D eigenvalue weighted by Gasteiger charge is -2.12. The molecule has 0 aliphatic heterocycles. The first-order chi connectivity index (χ1) is 13.1. The lowest BCUT2D eigenvalue weighted by molar-refractivity contribution is 0.354. The highest BCUT2D eigenvalue weighted by Crippen LogP contribution is 2.28. The minimum atomic E-state index is -0.335. The minimum Gasteiger partial charge on any atom is -0.493 e. The Morgan fingerprint density at radius 1 is 1.04 bits per heavy atom. The standard InChI is InChI=1S/C20H20ClN3O3/c1-26-17-9-8-15(10-18(17)27-2)11-22-16-12-23-24(20(25)19(16)21)13-14-6-4-3-5-7-14/h3-10,12,22H,11,13H2,1-2H3. The molecule has 1 N–H and O–H groups in total. The maximum absolute atomic E-state index is 12.5. The van der Waals surface area contributed by atoms with Gasteiger partial charge in [-0.2, -0.15) is 5.10 Å². The summed E-state index contributed by atoms with van der Waals surface area (Å²) >= 11 is 6.26. The van der Waals surface area contributed by atoms with Crippen LogP contribution in [0.4, 0.5) is 5.69 Å². The fourth-order valence-corrected chi connectivity index (χ4v) is 2.86. The van der Waals surface area contributed by atoms with Gasteiger partial charge in [0.1, 0.15) is 5.02 Å². The second kappa shape index (κ2) is 8.60. The van der Waals surface area contributed by atoms with E-state index < -0.39 is 0 Å². The molecule has 0 radical (unpaired) electrons. The SMILES string of the molecule is COc1ccc(CNc2cnn(Cc3ccccc3)c(=O)c2Cl)cc1OC. The molecule has 0 saturated heterocycles. The Morgan fingerprint density at radius 2 is 1.78 bits per heavy atom. The van der Waals surface area contributed by atoms with Gasteiger partial charge in [0.15, 0.2) is 11.5 Å². The van der Waals surface area contributed by atoms with Crippen molar-refractivity contribution in [2.75, 3.05) is 19.5 Å². The number of aromatic nitrogens is 2. The van der Waals surface area contributed by atoms with Crippen molar-refractivity contribution in [2.45, 2.75) is 13.1 Å². The van der Waals surface area contributed by atoms with E-state index in [1.54, 1.807) is 20.4 Å². The van der Waals surface area contributed by atoms with Crippen LogP contribution in [0.1, 0.15) is 11.1 Å². The number of hydrogen-bond acceptors (Lipinski definition) is 5. The van der Waals surface area contributed by atoms with Crippen LogP contribution in [0.25, 0.3) is 0 Å². The monoisotopic (exact) mass is 385 g/mol. The summed E-state index contributed by atoms with van der Waals surface area (Å²) in [5, 5.41) is 7.48. The van der Waals surface area contributed by atoms with E-state index in [1.807, 2.05) is 48.5 Å². The van der Waals surface area contributed by atoms with Crippen LogP contribution in [0.2, 0.25) is 5.02 Å². The highest BCUT2D eigenvalue weighted by Gasteiger charge is 2.10. The summed E-state index contributed by atoms with van der Waals surface area (Å²) in [4.78, 5) is 12.5. The Hall–Kier alpha value is -2.99. The number of ether oxygens (including phenoxy) is 2. The predicted octanol–water partition coefficient (Wildman–Crippen LogP) is 3.57. The number of benzene rings is 2. The van der Waals surface area contributed by atoms with Crippen LogP contribution in [0.3, 0.4) is 0 Å². The molecule has 6 nitrogen and oxygen atoms in total. The van der Waals surface area contributed by atoms with Crippen LogP contribution in [-0.4, -0.2) is 24.0 Å². The number of anilines is 1. The third-order valence-electron chi connectivity index (χ3n) is 4.09. The molecule has 0 fully saturated rings. The van der Waals surface area contributed by atoms with Crippen molar-refractivity contribution in [1.29, 1.82) is 0 Å². The first kappa shape index (κ1) is 18.8. The fourth-order valence-electron chi connectivity index (χ4n) is 2.65. The molecular weight excluding hydrogens is 366 g/mol. The van der Waals surface area contributed by atoms with Crippen molar-refractivity contribution in [3.63, 3.8) is 0 Å². The Bertz CT molecular complexity index is 974. The molecule has 1 aromatic heterocycles. The van der Waals surface area contributed by atoms with Gasteiger partial charge in [0.25, 0.3) is 5.56 Å². The topological polar surface area (TPSA) is 65.4 Å². The normalized spacial score (nSPS) is 10.5. The first-order valence-electron chi connectivity index (χ1n) is 8.36. The van der Waals surface area contributed by atoms with E-state index in [0.29, 0.717) is 30.3 Å². The van der Waals surface area contributed by atoms with Crippen LogP contribution in [0.15, 0.2) is 59.5 Å². The van der Waals surface area contributed by atoms with Gasteiger partial charge in [-0.05, 0) is 23.3 Å². The van der Waals surface area contributed by atoms with Gasteiger partial charge < -0.3 is 14.8 Å². The van der Waals surface area contributed by atoms with Crippen molar-refractivity contribution in [2.24, 2.45) is 0 Å². The van der Waals surface area contributed by atoms with Crippen LogP contribution < -0.4 is 20.3 Å². The molecule has 0 amide bonds. The van der Waals surface area contributed by atoms with E-state index >= 15 is 0 Å². The quantitative estimate of drug-likeness (QED) is 0.673. The van der Waals surface area contributed by atoms with Crippen LogP contribution in [-0.2, 0) is 13.1 Å². The lowest BCUT2D eigenvalue weighted by Crippen LogP contribution is -2.24. The molecule has 0 unspecified atom stereocenters. The molecule has 0 spiro atoms. The second-order valence-electron chi connectivity index (χ2n) is 5.86. The maximum Gasteiger partial charge on any atom is 0.287 e. The van der Waals surface area contributed by atoms with E-state index in [1.165, 1.54) is 4.68 Å². The Balaban J connectivity index is 1.74. The number of nitrogens with zero attached hydrogens (tertiary/aromatic N) is 2. The summed E-state index contributed by atoms with van der Waals surface area (Å²) in [6.07, 6.45) is 1.56. The molecule has 3 rings (SSSR count). The summed E-state index contributed by atoms with van der Waals surface area (Å²) in [6, 6.07) is 15.2. The summed E-state index contributed by atoms with van der Waals surface area (Å²) < 4.78 is 11.9. The van der Waals surface area contributed by atoms with Crippen LogP contribution >= 0.6 is 11.6 Å². The number of methoxy groups -OCH3 is 2. The molecule has 140 valence electrons. The van der Waals surface area contributed by atoms with Crippen molar-refractivity contribution < 1.29 is 9.47 Å². The molecule has 7 heteroatoms. The largest absolute Gasteiger partial charge is 0.493 e. The number of hydrogen-bond donors (Lipinski definition) is 1. The summed E-state index contributed by atoms with van der Waals surface area (Å²) in [7, 11) is 3.17. The van der Waals surface area contributed by atoms with Gasteiger partial charge in [0, 0.05) is 6.54 Å². The molecule has 0 bridgehead atoms. The van der Waals surface area contributed by atoms with E-state index in [2.05, 4.69) is 10.4 Å². The summed E-state index contributed by atoms with van der Waals surface area (Å²) in [5.41, 5.74) is 2.09. The Labute approximate surface area is 162 Å². The van der Waals surface area contributed by atoms with Crippen LogP contribution in [0, 0.1) is 0 Å². The number of nitrogens with one attached hydrogen (secondary N) is 1. The van der Waals surface area contributed by atoms with Gasteiger partial charge in [-0.25, -0.2) is 4.68 Å². The first-order valence-corrected chi connectivity index (χ1v) is 8.74. The molecule has 27 heavy (non-hydrogen) atoms. The van der Waals surface area contributed by atoms with Gasteiger partial charge in [-0.1, -0.05) is 48.0 Å². The summed E-state index contributed by atoms with van der Waals surface area (Å²) in [5.74, 6) is 1.30. The third-order valence-corrected chi connectivity index (χ3v) is 4.46. The lowest BCUT2D eigenvalue weighted by atomic mass is 10.2. The second-order valence-corrected chi connectivity index (χ2v) is 6.24. The molecule has 1 heterocycles. The fraction of sp³-hybridized carbons (Fsp3) is 0.200. The van der Waals surface area contributed by atoms with Gasteiger partial charge >= 0.3 is 0 Å². The molecule has 0 saturated carbocycles. The van der Waals surface area contributed by atoms with E-state index in [0.717, 1.165) is 11.1 Å². The highest BCUT2D eigenvalue weighted by atomic mass is 35.5. The van der Waals surface area contributed by atoms with Gasteiger partial charge in [0.05, 0.1) is 32.6 Å². The third kappa shape index (κ3) is 4.41. The van der Waals surface area contributed by atoms with E-state index in [9.17, 15) is 4.79 Å². The Morgan fingerprint density at radius 3 is 2.48 bits per heavy atom. The highest BCUT2D eigenvalue weighted by molar-refractivity contribution is 6.32. The average molecular weight is 386 g/mol.